The number of nitrogens with zero attached hydrogens (tertiary/aromatic N) is 1. The lowest BCUT2D eigenvalue weighted by atomic mass is 10.0. The van der Waals surface area contributed by atoms with Gasteiger partial charge in [0.1, 0.15) is 11.3 Å². The topological polar surface area (TPSA) is 98.5 Å². The average molecular weight is 300 g/mol. The van der Waals surface area contributed by atoms with E-state index in [-0.39, 0.29) is 5.57 Å². The minimum atomic E-state index is -0.716. The second kappa shape index (κ2) is 6.49. The van der Waals surface area contributed by atoms with Crippen LogP contribution in [0, 0.1) is 10.1 Å². The maximum Gasteiger partial charge on any atom is 0.296 e. The Balaban J connectivity index is 2.25. The molecule has 0 fully saturated rings. The third kappa shape index (κ3) is 3.45. The third-order valence-corrected chi connectivity index (χ3v) is 2.89. The van der Waals surface area contributed by atoms with Crippen molar-refractivity contribution >= 4 is 17.3 Å². The summed E-state index contributed by atoms with van der Waals surface area (Å²) in [7, 11) is 1.53. The van der Waals surface area contributed by atoms with Gasteiger partial charge < -0.3 is 10.1 Å². The number of nitro groups is 1. The largest absolute Gasteiger partial charge is 0.497 e. The molecule has 1 aliphatic carbocycles. The van der Waals surface area contributed by atoms with E-state index in [0.29, 0.717) is 11.4 Å². The van der Waals surface area contributed by atoms with Gasteiger partial charge in [-0.05, 0) is 36.4 Å². The first kappa shape index (κ1) is 15.2. The second-order valence-electron chi connectivity index (χ2n) is 4.32. The molecule has 0 unspecified atom stereocenters. The highest BCUT2D eigenvalue weighted by atomic mass is 16.6. The monoisotopic (exact) mass is 300 g/mol. The molecule has 0 saturated carbocycles. The van der Waals surface area contributed by atoms with Crippen molar-refractivity contribution in [2.75, 3.05) is 12.4 Å². The molecule has 0 saturated heterocycles. The number of benzene rings is 1. The summed E-state index contributed by atoms with van der Waals surface area (Å²) in [5.41, 5.74) is -0.150. The zero-order valence-corrected chi connectivity index (χ0v) is 11.6. The highest BCUT2D eigenvalue weighted by Crippen LogP contribution is 2.19. The van der Waals surface area contributed by atoms with Crippen LogP contribution in [0.1, 0.15) is 0 Å². The first-order valence-corrected chi connectivity index (χ1v) is 6.25. The predicted octanol–water partition coefficient (Wildman–Crippen LogP) is 1.86. The Kier molecular flexibility index (Phi) is 4.47. The van der Waals surface area contributed by atoms with E-state index in [1.54, 1.807) is 24.3 Å². The van der Waals surface area contributed by atoms with E-state index in [9.17, 15) is 19.7 Å². The predicted molar refractivity (Wildman–Crippen MR) is 78.9 cm³/mol. The summed E-state index contributed by atoms with van der Waals surface area (Å²) in [5, 5.41) is 13.8. The van der Waals surface area contributed by atoms with E-state index in [2.05, 4.69) is 5.32 Å². The van der Waals surface area contributed by atoms with Gasteiger partial charge in [0.15, 0.2) is 11.6 Å². The van der Waals surface area contributed by atoms with Crippen molar-refractivity contribution in [1.82, 2.24) is 0 Å². The lowest BCUT2D eigenvalue weighted by molar-refractivity contribution is -0.420. The van der Waals surface area contributed by atoms with Gasteiger partial charge in [-0.15, -0.1) is 0 Å². The van der Waals surface area contributed by atoms with E-state index in [1.807, 2.05) is 0 Å². The minimum absolute atomic E-state index is 0.251. The van der Waals surface area contributed by atoms with Crippen molar-refractivity contribution in [3.63, 3.8) is 0 Å². The quantitative estimate of drug-likeness (QED) is 0.506. The molecule has 7 heteroatoms. The zero-order valence-electron chi connectivity index (χ0n) is 11.6. The van der Waals surface area contributed by atoms with Gasteiger partial charge in [0.25, 0.3) is 5.70 Å². The number of hydrogen-bond donors (Lipinski definition) is 1. The molecule has 0 aromatic heterocycles. The summed E-state index contributed by atoms with van der Waals surface area (Å²) in [5.74, 6) is -0.407. The van der Waals surface area contributed by atoms with Gasteiger partial charge >= 0.3 is 0 Å². The molecule has 7 nitrogen and oxygen atoms in total. The number of ketones is 2. The first-order valence-electron chi connectivity index (χ1n) is 6.25. The Labute approximate surface area is 125 Å². The van der Waals surface area contributed by atoms with Crippen molar-refractivity contribution in [1.29, 1.82) is 0 Å². The molecule has 0 aliphatic heterocycles. The van der Waals surface area contributed by atoms with Crippen molar-refractivity contribution in [2.24, 2.45) is 0 Å². The lowest BCUT2D eigenvalue weighted by Crippen LogP contribution is -2.15. The molecule has 1 aliphatic rings. The lowest BCUT2D eigenvalue weighted by Gasteiger charge is -2.06. The van der Waals surface area contributed by atoms with Gasteiger partial charge in [0.2, 0.25) is 0 Å². The van der Waals surface area contributed by atoms with E-state index in [4.69, 9.17) is 4.74 Å². The van der Waals surface area contributed by atoms with Gasteiger partial charge in [-0.2, -0.15) is 0 Å². The summed E-state index contributed by atoms with van der Waals surface area (Å²) in [6.45, 7) is 0. The standard InChI is InChI=1S/C15H12N2O5/c1-22-12-5-2-10(3-6-12)16-9-14(17(20)21)13-8-11(18)4-7-15(13)19/h2-9,16H,1H3. The van der Waals surface area contributed by atoms with Gasteiger partial charge in [-0.1, -0.05) is 0 Å². The maximum absolute atomic E-state index is 11.7. The van der Waals surface area contributed by atoms with Crippen molar-refractivity contribution < 1.29 is 19.2 Å². The van der Waals surface area contributed by atoms with Gasteiger partial charge in [0, 0.05) is 11.8 Å². The molecule has 0 radical (unpaired) electrons. The third-order valence-electron chi connectivity index (χ3n) is 2.89. The summed E-state index contributed by atoms with van der Waals surface area (Å²) in [4.78, 5) is 33.4. The molecule has 1 aromatic rings. The van der Waals surface area contributed by atoms with Crippen LogP contribution in [0.4, 0.5) is 5.69 Å². The van der Waals surface area contributed by atoms with Crippen LogP contribution < -0.4 is 10.1 Å². The van der Waals surface area contributed by atoms with E-state index in [0.717, 1.165) is 24.4 Å². The highest BCUT2D eigenvalue weighted by molar-refractivity contribution is 6.19. The molecule has 0 heterocycles. The number of carbonyl (C=O) groups is 2. The highest BCUT2D eigenvalue weighted by Gasteiger charge is 2.25. The Morgan fingerprint density at radius 3 is 2.50 bits per heavy atom. The van der Waals surface area contributed by atoms with Crippen LogP contribution in [0.2, 0.25) is 0 Å². The number of allylic oxidation sites excluding steroid dienone is 4. The number of hydrogen-bond acceptors (Lipinski definition) is 6. The van der Waals surface area contributed by atoms with Crippen LogP contribution in [0.25, 0.3) is 0 Å². The normalized spacial score (nSPS) is 14.6. The van der Waals surface area contributed by atoms with Crippen LogP contribution in [0.3, 0.4) is 0 Å². The maximum atomic E-state index is 11.7. The Morgan fingerprint density at radius 2 is 1.91 bits per heavy atom. The SMILES string of the molecule is COc1ccc(NC=C(C2=CC(=O)C=CC2=O)[N+](=O)[O-])cc1. The van der Waals surface area contributed by atoms with Crippen LogP contribution >= 0.6 is 0 Å². The average Bonchev–Trinajstić information content (AvgIpc) is 2.51. The van der Waals surface area contributed by atoms with Gasteiger partial charge in [-0.3, -0.25) is 19.7 Å². The number of anilines is 1. The molecule has 0 bridgehead atoms. The minimum Gasteiger partial charge on any atom is -0.497 e. The number of ether oxygens (including phenoxy) is 1. The molecular weight excluding hydrogens is 288 g/mol. The van der Waals surface area contributed by atoms with Crippen molar-refractivity contribution in [3.05, 3.63) is 70.1 Å². The molecule has 22 heavy (non-hydrogen) atoms. The molecule has 2 rings (SSSR count). The second-order valence-corrected chi connectivity index (χ2v) is 4.32. The van der Waals surface area contributed by atoms with Crippen molar-refractivity contribution in [2.45, 2.75) is 0 Å². The molecule has 112 valence electrons. The van der Waals surface area contributed by atoms with Crippen LogP contribution in [-0.2, 0) is 9.59 Å². The fourth-order valence-electron chi connectivity index (χ4n) is 1.78. The molecule has 0 spiro atoms. The zero-order chi connectivity index (χ0) is 16.1. The van der Waals surface area contributed by atoms with Gasteiger partial charge in [0.05, 0.1) is 18.2 Å². The first-order chi connectivity index (χ1) is 10.5. The van der Waals surface area contributed by atoms with E-state index in [1.165, 1.54) is 7.11 Å². The molecular formula is C15H12N2O5. The summed E-state index contributed by atoms with van der Waals surface area (Å²) < 4.78 is 5.00. The molecule has 0 atom stereocenters. The number of rotatable bonds is 5. The van der Waals surface area contributed by atoms with Crippen LogP contribution in [-0.4, -0.2) is 23.6 Å². The Morgan fingerprint density at radius 1 is 1.23 bits per heavy atom. The Bertz CT molecular complexity index is 714. The number of carbonyl (C=O) groups excluding carboxylic acids is 2. The van der Waals surface area contributed by atoms with E-state index < -0.39 is 22.2 Å². The van der Waals surface area contributed by atoms with Crippen molar-refractivity contribution in [3.8, 4) is 5.75 Å². The fraction of sp³-hybridized carbons (Fsp3) is 0.0667. The smallest absolute Gasteiger partial charge is 0.296 e. The fourth-order valence-corrected chi connectivity index (χ4v) is 1.78. The molecule has 1 N–H and O–H groups in total. The summed E-state index contributed by atoms with van der Waals surface area (Å²) in [6.07, 6.45) is 4.12. The summed E-state index contributed by atoms with van der Waals surface area (Å²) in [6, 6.07) is 6.68. The molecule has 0 amide bonds. The van der Waals surface area contributed by atoms with E-state index >= 15 is 0 Å². The number of nitrogens with one attached hydrogen (secondary N) is 1. The van der Waals surface area contributed by atoms with Gasteiger partial charge in [-0.25, -0.2) is 0 Å². The number of methoxy groups -OCH3 is 1. The van der Waals surface area contributed by atoms with Crippen LogP contribution in [0.15, 0.2) is 60.0 Å². The molecule has 1 aromatic carbocycles. The van der Waals surface area contributed by atoms with Crippen LogP contribution in [0.5, 0.6) is 5.75 Å². The summed E-state index contributed by atoms with van der Waals surface area (Å²) >= 11 is 0. The Hall–Kier alpha value is -3.22.